The summed E-state index contributed by atoms with van der Waals surface area (Å²) in [6.45, 7) is 0. The molecule has 0 aliphatic heterocycles. The van der Waals surface area contributed by atoms with E-state index in [-0.39, 0.29) is 11.6 Å². The highest BCUT2D eigenvalue weighted by Gasteiger charge is 2.12. The van der Waals surface area contributed by atoms with Gasteiger partial charge >= 0.3 is 5.69 Å². The molecule has 124 valence electrons. The van der Waals surface area contributed by atoms with Crippen molar-refractivity contribution in [2.45, 2.75) is 0 Å². The van der Waals surface area contributed by atoms with Crippen LogP contribution in [0.4, 0.5) is 11.4 Å². The van der Waals surface area contributed by atoms with E-state index in [9.17, 15) is 9.59 Å². The molecule has 0 spiro atoms. The molecule has 6 nitrogen and oxygen atoms in total. The lowest BCUT2D eigenvalue weighted by molar-refractivity contribution is 0.102. The Morgan fingerprint density at radius 3 is 2.21 bits per heavy atom. The van der Waals surface area contributed by atoms with Gasteiger partial charge in [-0.05, 0) is 42.5 Å². The van der Waals surface area contributed by atoms with Crippen molar-refractivity contribution >= 4 is 28.3 Å². The molecule has 0 radical (unpaired) electrons. The van der Waals surface area contributed by atoms with Gasteiger partial charge in [-0.1, -0.05) is 0 Å². The SMILES string of the molecule is CN(C)c1ccc(NC(=O)c2ccc3c(c2)n(C)c(=O)n3C)cc1. The van der Waals surface area contributed by atoms with Crippen molar-refractivity contribution in [3.05, 3.63) is 58.5 Å². The lowest BCUT2D eigenvalue weighted by Gasteiger charge is -2.13. The summed E-state index contributed by atoms with van der Waals surface area (Å²) in [5, 5.41) is 2.88. The van der Waals surface area contributed by atoms with Gasteiger partial charge in [0.2, 0.25) is 0 Å². The highest BCUT2D eigenvalue weighted by atomic mass is 16.2. The van der Waals surface area contributed by atoms with Crippen molar-refractivity contribution < 1.29 is 4.79 Å². The third-order valence-electron chi connectivity index (χ3n) is 4.18. The minimum Gasteiger partial charge on any atom is -0.378 e. The Balaban J connectivity index is 1.88. The maximum atomic E-state index is 12.5. The summed E-state index contributed by atoms with van der Waals surface area (Å²) in [4.78, 5) is 26.4. The Hall–Kier alpha value is -3.02. The Morgan fingerprint density at radius 2 is 1.58 bits per heavy atom. The van der Waals surface area contributed by atoms with Crippen LogP contribution in [0.15, 0.2) is 47.3 Å². The number of amides is 1. The molecule has 0 bridgehead atoms. The zero-order chi connectivity index (χ0) is 17.4. The fourth-order valence-electron chi connectivity index (χ4n) is 2.69. The van der Waals surface area contributed by atoms with E-state index >= 15 is 0 Å². The van der Waals surface area contributed by atoms with E-state index in [1.807, 2.05) is 43.3 Å². The van der Waals surface area contributed by atoms with Crippen LogP contribution in [0.1, 0.15) is 10.4 Å². The van der Waals surface area contributed by atoms with Crippen molar-refractivity contribution in [2.24, 2.45) is 14.1 Å². The summed E-state index contributed by atoms with van der Waals surface area (Å²) in [7, 11) is 7.35. The number of aryl methyl sites for hydroxylation is 2. The molecule has 0 saturated heterocycles. The van der Waals surface area contributed by atoms with Crippen molar-refractivity contribution in [2.75, 3.05) is 24.3 Å². The van der Waals surface area contributed by atoms with Crippen LogP contribution < -0.4 is 15.9 Å². The monoisotopic (exact) mass is 324 g/mol. The maximum absolute atomic E-state index is 12.5. The van der Waals surface area contributed by atoms with Crippen molar-refractivity contribution in [1.82, 2.24) is 9.13 Å². The molecule has 1 N–H and O–H groups in total. The Morgan fingerprint density at radius 1 is 0.958 bits per heavy atom. The first kappa shape index (κ1) is 15.9. The highest BCUT2D eigenvalue weighted by Crippen LogP contribution is 2.18. The van der Waals surface area contributed by atoms with E-state index in [0.29, 0.717) is 5.56 Å². The number of hydrogen-bond donors (Lipinski definition) is 1. The van der Waals surface area contributed by atoms with Crippen molar-refractivity contribution in [3.8, 4) is 0 Å². The minimum atomic E-state index is -0.203. The molecule has 24 heavy (non-hydrogen) atoms. The van der Waals surface area contributed by atoms with E-state index in [0.717, 1.165) is 22.4 Å². The first-order valence-electron chi connectivity index (χ1n) is 7.62. The summed E-state index contributed by atoms with van der Waals surface area (Å²) in [5.74, 6) is -0.203. The number of fused-ring (bicyclic) bond motifs is 1. The third-order valence-corrected chi connectivity index (χ3v) is 4.18. The molecular formula is C18H20N4O2. The third kappa shape index (κ3) is 2.67. The molecule has 0 saturated carbocycles. The minimum absolute atomic E-state index is 0.109. The number of anilines is 2. The number of nitrogens with zero attached hydrogens (tertiary/aromatic N) is 3. The lowest BCUT2D eigenvalue weighted by atomic mass is 10.1. The second-order valence-corrected chi connectivity index (χ2v) is 6.00. The van der Waals surface area contributed by atoms with Gasteiger partial charge in [0.05, 0.1) is 11.0 Å². The van der Waals surface area contributed by atoms with Gasteiger partial charge in [0.1, 0.15) is 0 Å². The van der Waals surface area contributed by atoms with Crippen LogP contribution in [-0.2, 0) is 14.1 Å². The van der Waals surface area contributed by atoms with Crippen LogP contribution in [0.25, 0.3) is 11.0 Å². The smallest absolute Gasteiger partial charge is 0.328 e. The number of imidazole rings is 1. The van der Waals surface area contributed by atoms with Gasteiger partial charge in [-0.25, -0.2) is 4.79 Å². The van der Waals surface area contributed by atoms with E-state index in [1.165, 1.54) is 4.57 Å². The first-order valence-corrected chi connectivity index (χ1v) is 7.62. The molecule has 0 atom stereocenters. The van der Waals surface area contributed by atoms with Gasteiger partial charge in [0.25, 0.3) is 5.91 Å². The zero-order valence-electron chi connectivity index (χ0n) is 14.2. The predicted molar refractivity (Wildman–Crippen MR) is 96.9 cm³/mol. The van der Waals surface area contributed by atoms with Crippen LogP contribution in [0, 0.1) is 0 Å². The van der Waals surface area contributed by atoms with Crippen LogP contribution >= 0.6 is 0 Å². The molecule has 3 aromatic rings. The number of carbonyl (C=O) groups excluding carboxylic acids is 1. The number of carbonyl (C=O) groups is 1. The van der Waals surface area contributed by atoms with Gasteiger partial charge in [0, 0.05) is 45.1 Å². The lowest BCUT2D eigenvalue weighted by Crippen LogP contribution is -2.19. The summed E-state index contributed by atoms with van der Waals surface area (Å²) in [5.41, 5.74) is 3.73. The largest absolute Gasteiger partial charge is 0.378 e. The van der Waals surface area contributed by atoms with Gasteiger partial charge in [-0.2, -0.15) is 0 Å². The quantitative estimate of drug-likeness (QED) is 0.803. The Bertz CT molecular complexity index is 965. The summed E-state index contributed by atoms with van der Waals surface area (Å²) in [6, 6.07) is 12.9. The molecule has 0 fully saturated rings. The second-order valence-electron chi connectivity index (χ2n) is 6.00. The fourth-order valence-corrected chi connectivity index (χ4v) is 2.69. The van der Waals surface area contributed by atoms with Crippen molar-refractivity contribution in [1.29, 1.82) is 0 Å². The molecule has 1 aromatic heterocycles. The zero-order valence-corrected chi connectivity index (χ0v) is 14.2. The highest BCUT2D eigenvalue weighted by molar-refractivity contribution is 6.06. The van der Waals surface area contributed by atoms with Crippen LogP contribution in [-0.4, -0.2) is 29.1 Å². The Kier molecular flexibility index (Phi) is 3.89. The average molecular weight is 324 g/mol. The Labute approximate surface area is 139 Å². The van der Waals surface area contributed by atoms with E-state index in [2.05, 4.69) is 5.32 Å². The van der Waals surface area contributed by atoms with E-state index in [4.69, 9.17) is 0 Å². The number of hydrogen-bond acceptors (Lipinski definition) is 3. The number of benzene rings is 2. The molecule has 2 aromatic carbocycles. The maximum Gasteiger partial charge on any atom is 0.328 e. The molecule has 0 aliphatic carbocycles. The molecule has 1 heterocycles. The van der Waals surface area contributed by atoms with E-state index in [1.54, 1.807) is 36.9 Å². The summed E-state index contributed by atoms with van der Waals surface area (Å²) < 4.78 is 3.11. The molecular weight excluding hydrogens is 304 g/mol. The topological polar surface area (TPSA) is 59.3 Å². The number of aromatic nitrogens is 2. The fraction of sp³-hybridized carbons (Fsp3) is 0.222. The normalized spacial score (nSPS) is 10.8. The predicted octanol–water partition coefficient (Wildman–Crippen LogP) is 2.20. The van der Waals surface area contributed by atoms with Crippen molar-refractivity contribution in [3.63, 3.8) is 0 Å². The summed E-state index contributed by atoms with van der Waals surface area (Å²) in [6.07, 6.45) is 0. The molecule has 6 heteroatoms. The molecule has 3 rings (SSSR count). The van der Waals surface area contributed by atoms with E-state index < -0.39 is 0 Å². The van der Waals surface area contributed by atoms with Gasteiger partial charge in [0.15, 0.2) is 0 Å². The van der Waals surface area contributed by atoms with Gasteiger partial charge in [-0.3, -0.25) is 13.9 Å². The van der Waals surface area contributed by atoms with Crippen LogP contribution in [0.2, 0.25) is 0 Å². The second kappa shape index (κ2) is 5.88. The molecule has 1 amide bonds. The molecule has 0 aliphatic rings. The standard InChI is InChI=1S/C18H20N4O2/c1-20(2)14-8-6-13(7-9-14)19-17(23)12-5-10-15-16(11-12)22(4)18(24)21(15)3/h5-11H,1-4H3,(H,19,23). The van der Waals surface area contributed by atoms with Gasteiger partial charge in [-0.15, -0.1) is 0 Å². The first-order chi connectivity index (χ1) is 11.4. The molecule has 0 unspecified atom stereocenters. The van der Waals surface area contributed by atoms with Gasteiger partial charge < -0.3 is 10.2 Å². The average Bonchev–Trinajstić information content (AvgIpc) is 2.79. The number of rotatable bonds is 3. The number of nitrogens with one attached hydrogen (secondary N) is 1. The van der Waals surface area contributed by atoms with Crippen LogP contribution in [0.3, 0.4) is 0 Å². The summed E-state index contributed by atoms with van der Waals surface area (Å²) >= 11 is 0. The van der Waals surface area contributed by atoms with Crippen LogP contribution in [0.5, 0.6) is 0 Å².